The number of hydrogen-bond donors (Lipinski definition) is 0. The molecule has 1 aromatic carbocycles. The van der Waals surface area contributed by atoms with Crippen LogP contribution in [0.5, 0.6) is 0 Å². The highest BCUT2D eigenvalue weighted by molar-refractivity contribution is 5.56. The van der Waals surface area contributed by atoms with Crippen molar-refractivity contribution in [3.63, 3.8) is 0 Å². The molecule has 1 atom stereocenters. The summed E-state index contributed by atoms with van der Waals surface area (Å²) in [5.74, 6) is 0. The summed E-state index contributed by atoms with van der Waals surface area (Å²) in [6.45, 7) is 4.31. The summed E-state index contributed by atoms with van der Waals surface area (Å²) in [4.78, 5) is 3.82. The van der Waals surface area contributed by atoms with Crippen LogP contribution >= 0.6 is 0 Å². The molecule has 1 aromatic rings. The number of benzene rings is 1. The average molecular weight is 204 g/mol. The quantitative estimate of drug-likeness (QED) is 0.730. The first kappa shape index (κ1) is 7.80. The maximum Gasteiger partial charge on any atom is 0.102 e. The van der Waals surface area contributed by atoms with Crippen LogP contribution in [0, 0.1) is 6.92 Å². The second-order valence-electron chi connectivity index (χ2n) is 3.75. The zero-order valence-corrected chi connectivity index (χ0v) is 9.44. The molecule has 0 bridgehead atoms. The Bertz CT molecular complexity index is 437. The molecular formula is C13H18N2. The fraction of sp³-hybridized carbons (Fsp3) is 0.385. The summed E-state index contributed by atoms with van der Waals surface area (Å²) >= 11 is 0. The van der Waals surface area contributed by atoms with Gasteiger partial charge in [0.05, 0.1) is 0 Å². The first-order valence-corrected chi connectivity index (χ1v) is 5.22. The van der Waals surface area contributed by atoms with Crippen molar-refractivity contribution in [3.05, 3.63) is 42.2 Å². The van der Waals surface area contributed by atoms with Gasteiger partial charge in [-0.1, -0.05) is 18.2 Å². The molecule has 80 valence electrons. The molecule has 0 unspecified atom stereocenters. The van der Waals surface area contributed by atoms with Gasteiger partial charge in [-0.15, -0.1) is 0 Å². The van der Waals surface area contributed by atoms with Gasteiger partial charge in [0, 0.05) is 27.3 Å². The predicted octanol–water partition coefficient (Wildman–Crippen LogP) is 2.95. The number of nitrogens with zero attached hydrogens (tertiary/aromatic N) is 2. The molecule has 0 radical (unpaired) electrons. The van der Waals surface area contributed by atoms with E-state index in [-0.39, 0.29) is 6.17 Å². The van der Waals surface area contributed by atoms with Crippen molar-refractivity contribution < 1.29 is 2.74 Å². The van der Waals surface area contributed by atoms with Crippen LogP contribution < -0.4 is 4.90 Å². The Morgan fingerprint density at radius 2 is 2.07 bits per heavy atom. The number of rotatable bonds is 2. The summed E-state index contributed by atoms with van der Waals surface area (Å²) in [6.07, 6.45) is 3.75. The Morgan fingerprint density at radius 1 is 1.33 bits per heavy atom. The lowest BCUT2D eigenvalue weighted by molar-refractivity contribution is 0.335. The summed E-state index contributed by atoms with van der Waals surface area (Å²) in [7, 11) is 0. The van der Waals surface area contributed by atoms with Crippen LogP contribution in [-0.2, 0) is 0 Å². The minimum atomic E-state index is -1.34. The normalized spacial score (nSPS) is 23.0. The van der Waals surface area contributed by atoms with Gasteiger partial charge in [0.1, 0.15) is 6.17 Å². The van der Waals surface area contributed by atoms with E-state index in [9.17, 15) is 0 Å². The zero-order chi connectivity index (χ0) is 12.6. The third-order valence-electron chi connectivity index (χ3n) is 2.84. The minimum Gasteiger partial charge on any atom is -0.356 e. The van der Waals surface area contributed by atoms with E-state index < -0.39 is 6.50 Å². The van der Waals surface area contributed by atoms with Crippen LogP contribution in [0.1, 0.15) is 22.2 Å². The van der Waals surface area contributed by atoms with Crippen molar-refractivity contribution in [2.45, 2.75) is 26.9 Å². The van der Waals surface area contributed by atoms with Gasteiger partial charge in [-0.3, -0.25) is 0 Å². The van der Waals surface area contributed by atoms with E-state index >= 15 is 0 Å². The highest BCUT2D eigenvalue weighted by Crippen LogP contribution is 2.26. The molecule has 1 heterocycles. The van der Waals surface area contributed by atoms with E-state index in [1.807, 2.05) is 31.5 Å². The van der Waals surface area contributed by atoms with Gasteiger partial charge in [-0.2, -0.15) is 0 Å². The molecule has 1 aliphatic heterocycles. The summed E-state index contributed by atoms with van der Waals surface area (Å²) in [5, 5.41) is 0. The van der Waals surface area contributed by atoms with Crippen molar-refractivity contribution in [3.8, 4) is 0 Å². The van der Waals surface area contributed by atoms with Gasteiger partial charge in [0.2, 0.25) is 0 Å². The van der Waals surface area contributed by atoms with Crippen molar-refractivity contribution in [2.75, 3.05) is 11.4 Å². The smallest absolute Gasteiger partial charge is 0.102 e. The molecule has 0 saturated heterocycles. The van der Waals surface area contributed by atoms with Gasteiger partial charge in [-0.05, 0) is 32.4 Å². The van der Waals surface area contributed by atoms with Gasteiger partial charge in [0.15, 0.2) is 0 Å². The largest absolute Gasteiger partial charge is 0.356 e. The Morgan fingerprint density at radius 3 is 2.67 bits per heavy atom. The molecule has 0 amide bonds. The van der Waals surface area contributed by atoms with E-state index in [2.05, 4.69) is 24.0 Å². The predicted molar refractivity (Wildman–Crippen MR) is 64.6 cm³/mol. The second-order valence-corrected chi connectivity index (χ2v) is 3.75. The number of hydrogen-bond acceptors (Lipinski definition) is 2. The SMILES string of the molecule is [2H]C([2H])(C)N1C=CN(c2ccccc2C)[C@@H]1C. The summed E-state index contributed by atoms with van der Waals surface area (Å²) < 4.78 is 15.6. The molecule has 0 saturated carbocycles. The minimum absolute atomic E-state index is 0.00361. The van der Waals surface area contributed by atoms with E-state index in [0.717, 1.165) is 5.69 Å². The number of anilines is 1. The molecule has 0 fully saturated rings. The fourth-order valence-electron chi connectivity index (χ4n) is 1.92. The third-order valence-corrected chi connectivity index (χ3v) is 2.84. The maximum atomic E-state index is 7.78. The first-order valence-electron chi connectivity index (χ1n) is 6.22. The molecule has 0 N–H and O–H groups in total. The highest BCUT2D eigenvalue weighted by Gasteiger charge is 2.22. The second kappa shape index (κ2) is 3.97. The van der Waals surface area contributed by atoms with Crippen molar-refractivity contribution >= 4 is 5.69 Å². The zero-order valence-electron chi connectivity index (χ0n) is 11.4. The lowest BCUT2D eigenvalue weighted by Crippen LogP contribution is -2.35. The number of para-hydroxylation sites is 1. The lowest BCUT2D eigenvalue weighted by Gasteiger charge is -2.29. The fourth-order valence-corrected chi connectivity index (χ4v) is 1.92. The molecular weight excluding hydrogens is 184 g/mol. The molecule has 0 spiro atoms. The molecule has 0 aliphatic carbocycles. The molecule has 0 aromatic heterocycles. The van der Waals surface area contributed by atoms with E-state index in [0.29, 0.717) is 0 Å². The van der Waals surface area contributed by atoms with E-state index in [1.54, 1.807) is 11.8 Å². The maximum absolute atomic E-state index is 7.78. The van der Waals surface area contributed by atoms with Gasteiger partial charge < -0.3 is 9.80 Å². The van der Waals surface area contributed by atoms with Crippen molar-refractivity contribution in [2.24, 2.45) is 0 Å². The average Bonchev–Trinajstić information content (AvgIpc) is 2.60. The van der Waals surface area contributed by atoms with Crippen LogP contribution in [0.4, 0.5) is 5.69 Å². The van der Waals surface area contributed by atoms with E-state index in [1.165, 1.54) is 5.56 Å². The van der Waals surface area contributed by atoms with Crippen LogP contribution in [0.3, 0.4) is 0 Å². The molecule has 2 rings (SSSR count). The first-order chi connectivity index (χ1) is 7.91. The Kier molecular flexibility index (Phi) is 2.06. The lowest BCUT2D eigenvalue weighted by atomic mass is 10.2. The van der Waals surface area contributed by atoms with Crippen LogP contribution in [-0.4, -0.2) is 17.6 Å². The number of aryl methyl sites for hydroxylation is 1. The third kappa shape index (κ3) is 1.72. The Labute approximate surface area is 94.6 Å². The topological polar surface area (TPSA) is 6.48 Å². The van der Waals surface area contributed by atoms with Crippen LogP contribution in [0.2, 0.25) is 0 Å². The Balaban J connectivity index is 2.28. The van der Waals surface area contributed by atoms with Gasteiger partial charge in [-0.25, -0.2) is 0 Å². The highest BCUT2D eigenvalue weighted by atomic mass is 15.4. The standard InChI is InChI=1S/C13H18N2/c1-4-14-9-10-15(12(14)3)13-8-6-5-7-11(13)2/h5-10,12H,4H2,1-3H3/t12-/m1/s1/i4D2. The van der Waals surface area contributed by atoms with Crippen molar-refractivity contribution in [1.82, 2.24) is 4.90 Å². The Hall–Kier alpha value is -1.44. The monoisotopic (exact) mass is 204 g/mol. The summed E-state index contributed by atoms with van der Waals surface area (Å²) in [6, 6.07) is 8.15. The summed E-state index contributed by atoms with van der Waals surface area (Å²) in [5.41, 5.74) is 2.32. The van der Waals surface area contributed by atoms with E-state index in [4.69, 9.17) is 2.74 Å². The molecule has 2 heteroatoms. The van der Waals surface area contributed by atoms with Crippen molar-refractivity contribution in [1.29, 1.82) is 0 Å². The van der Waals surface area contributed by atoms with Crippen LogP contribution in [0.25, 0.3) is 0 Å². The molecule has 15 heavy (non-hydrogen) atoms. The molecule has 1 aliphatic rings. The van der Waals surface area contributed by atoms with Crippen LogP contribution in [0.15, 0.2) is 36.7 Å². The molecule has 2 nitrogen and oxygen atoms in total. The van der Waals surface area contributed by atoms with Gasteiger partial charge >= 0.3 is 0 Å². The van der Waals surface area contributed by atoms with Gasteiger partial charge in [0.25, 0.3) is 0 Å².